The average molecular weight is 374 g/mol. The van der Waals surface area contributed by atoms with Gasteiger partial charge < -0.3 is 20.2 Å². The number of aryl methyl sites for hydroxylation is 1. The van der Waals surface area contributed by atoms with Crippen LogP contribution < -0.4 is 10.2 Å². The summed E-state index contributed by atoms with van der Waals surface area (Å²) in [6.07, 6.45) is 1.75. The molecule has 1 fully saturated rings. The first-order chi connectivity index (χ1) is 12.6. The topological polar surface area (TPSA) is 55.8 Å². The van der Waals surface area contributed by atoms with Crippen LogP contribution in [0.15, 0.2) is 48.5 Å². The molecule has 1 aliphatic rings. The molecular weight excluding hydrogens is 350 g/mol. The van der Waals surface area contributed by atoms with Crippen LogP contribution >= 0.6 is 11.6 Å². The number of carbonyl (C=O) groups excluding carboxylic acids is 1. The van der Waals surface area contributed by atoms with E-state index in [4.69, 9.17) is 11.6 Å². The van der Waals surface area contributed by atoms with E-state index in [0.717, 1.165) is 42.2 Å². The van der Waals surface area contributed by atoms with Crippen molar-refractivity contribution in [3.63, 3.8) is 0 Å². The van der Waals surface area contributed by atoms with E-state index >= 15 is 0 Å². The molecule has 138 valence electrons. The smallest absolute Gasteiger partial charge is 0.317 e. The highest BCUT2D eigenvalue weighted by molar-refractivity contribution is 6.30. The molecule has 0 unspecified atom stereocenters. The lowest BCUT2D eigenvalue weighted by Gasteiger charge is -2.36. The summed E-state index contributed by atoms with van der Waals surface area (Å²) in [7, 11) is 0. The summed E-state index contributed by atoms with van der Waals surface area (Å²) in [5.74, 6) is 0.277. The Kier molecular flexibility index (Phi) is 6.23. The van der Waals surface area contributed by atoms with Gasteiger partial charge in [0.05, 0.1) is 0 Å². The van der Waals surface area contributed by atoms with Gasteiger partial charge in [0.25, 0.3) is 0 Å². The number of nitrogens with one attached hydrogen (secondary N) is 1. The molecule has 26 heavy (non-hydrogen) atoms. The summed E-state index contributed by atoms with van der Waals surface area (Å²) in [5.41, 5.74) is 2.26. The summed E-state index contributed by atoms with van der Waals surface area (Å²) >= 11 is 6.05. The van der Waals surface area contributed by atoms with Crippen LogP contribution in [0.25, 0.3) is 0 Å². The molecule has 2 amide bonds. The number of aromatic hydroxyl groups is 1. The number of benzene rings is 2. The van der Waals surface area contributed by atoms with Crippen molar-refractivity contribution in [2.24, 2.45) is 0 Å². The van der Waals surface area contributed by atoms with Crippen LogP contribution in [0.3, 0.4) is 0 Å². The lowest BCUT2D eigenvalue weighted by molar-refractivity contribution is 0.194. The van der Waals surface area contributed by atoms with Crippen molar-refractivity contribution in [1.29, 1.82) is 0 Å². The van der Waals surface area contributed by atoms with Gasteiger partial charge in [-0.2, -0.15) is 0 Å². The van der Waals surface area contributed by atoms with E-state index in [9.17, 15) is 9.90 Å². The minimum atomic E-state index is 0.00134. The number of carbonyl (C=O) groups is 1. The first kappa shape index (κ1) is 18.4. The van der Waals surface area contributed by atoms with E-state index in [1.54, 1.807) is 12.1 Å². The van der Waals surface area contributed by atoms with E-state index in [-0.39, 0.29) is 11.8 Å². The molecule has 1 heterocycles. The van der Waals surface area contributed by atoms with Gasteiger partial charge in [0.1, 0.15) is 5.75 Å². The second-order valence-electron chi connectivity index (χ2n) is 6.46. The summed E-state index contributed by atoms with van der Waals surface area (Å²) in [6.45, 7) is 3.67. The molecule has 3 rings (SSSR count). The molecule has 0 spiro atoms. The quantitative estimate of drug-likeness (QED) is 0.788. The van der Waals surface area contributed by atoms with Gasteiger partial charge in [0.2, 0.25) is 0 Å². The Hall–Kier alpha value is -2.40. The van der Waals surface area contributed by atoms with Gasteiger partial charge in [-0.25, -0.2) is 4.79 Å². The van der Waals surface area contributed by atoms with E-state index in [0.29, 0.717) is 19.6 Å². The number of rotatable bonds is 5. The monoisotopic (exact) mass is 373 g/mol. The molecule has 0 bridgehead atoms. The number of piperazine rings is 1. The maximum Gasteiger partial charge on any atom is 0.317 e. The number of phenols is 1. The van der Waals surface area contributed by atoms with Crippen LogP contribution in [0.2, 0.25) is 5.02 Å². The Morgan fingerprint density at radius 2 is 1.81 bits per heavy atom. The van der Waals surface area contributed by atoms with Crippen molar-refractivity contribution >= 4 is 23.3 Å². The van der Waals surface area contributed by atoms with Crippen molar-refractivity contribution < 1.29 is 9.90 Å². The predicted molar refractivity (Wildman–Crippen MR) is 105 cm³/mol. The van der Waals surface area contributed by atoms with E-state index in [1.807, 2.05) is 41.3 Å². The fourth-order valence-corrected chi connectivity index (χ4v) is 3.29. The van der Waals surface area contributed by atoms with Crippen LogP contribution in [0.5, 0.6) is 5.75 Å². The third-order valence-corrected chi connectivity index (χ3v) is 4.83. The minimum absolute atomic E-state index is 0.00134. The maximum atomic E-state index is 12.3. The minimum Gasteiger partial charge on any atom is -0.508 e. The number of phenolic OH excluding ortho intramolecular Hbond substituents is 1. The Labute approximate surface area is 159 Å². The normalized spacial score (nSPS) is 14.3. The van der Waals surface area contributed by atoms with Crippen LogP contribution in [-0.2, 0) is 6.42 Å². The number of amides is 2. The first-order valence-corrected chi connectivity index (χ1v) is 9.31. The average Bonchev–Trinajstić information content (AvgIpc) is 2.66. The summed E-state index contributed by atoms with van der Waals surface area (Å²) in [4.78, 5) is 16.4. The summed E-state index contributed by atoms with van der Waals surface area (Å²) in [5, 5.41) is 13.0. The number of nitrogens with zero attached hydrogens (tertiary/aromatic N) is 2. The van der Waals surface area contributed by atoms with Crippen molar-refractivity contribution in [2.75, 3.05) is 37.6 Å². The van der Waals surface area contributed by atoms with Gasteiger partial charge in [0.15, 0.2) is 0 Å². The Balaban J connectivity index is 1.37. The van der Waals surface area contributed by atoms with Crippen LogP contribution in [0.1, 0.15) is 12.0 Å². The zero-order valence-electron chi connectivity index (χ0n) is 14.7. The Morgan fingerprint density at radius 1 is 1.08 bits per heavy atom. The van der Waals surface area contributed by atoms with Crippen molar-refractivity contribution in [3.05, 3.63) is 59.1 Å². The molecule has 0 aromatic heterocycles. The third kappa shape index (κ3) is 5.05. The first-order valence-electron chi connectivity index (χ1n) is 8.93. The molecule has 5 nitrogen and oxygen atoms in total. The zero-order chi connectivity index (χ0) is 18.4. The Bertz CT molecular complexity index is 728. The number of halogens is 1. The maximum absolute atomic E-state index is 12.3. The zero-order valence-corrected chi connectivity index (χ0v) is 15.5. The standard InChI is InChI=1S/C20H24ClN3O2/c21-17-4-1-5-18(15-17)23-11-13-24(14-12-23)20(26)22-10-2-3-16-6-8-19(25)9-7-16/h1,4-9,15,25H,2-3,10-14H2,(H,22,26). The lowest BCUT2D eigenvalue weighted by atomic mass is 10.1. The molecule has 1 aliphatic heterocycles. The lowest BCUT2D eigenvalue weighted by Crippen LogP contribution is -2.52. The highest BCUT2D eigenvalue weighted by atomic mass is 35.5. The molecular formula is C20H24ClN3O2. The molecule has 1 saturated heterocycles. The molecule has 2 N–H and O–H groups in total. The number of anilines is 1. The Morgan fingerprint density at radius 3 is 2.50 bits per heavy atom. The van der Waals surface area contributed by atoms with Gasteiger partial charge in [-0.3, -0.25) is 0 Å². The predicted octanol–water partition coefficient (Wildman–Crippen LogP) is 3.51. The SMILES string of the molecule is O=C(NCCCc1ccc(O)cc1)N1CCN(c2cccc(Cl)c2)CC1. The highest BCUT2D eigenvalue weighted by Crippen LogP contribution is 2.20. The van der Waals surface area contributed by atoms with Gasteiger partial charge in [-0.05, 0) is 48.7 Å². The molecule has 6 heteroatoms. The molecule has 0 radical (unpaired) electrons. The summed E-state index contributed by atoms with van der Waals surface area (Å²) < 4.78 is 0. The van der Waals surface area contributed by atoms with Crippen molar-refractivity contribution in [2.45, 2.75) is 12.8 Å². The molecule has 2 aromatic rings. The van der Waals surface area contributed by atoms with Crippen LogP contribution in [0.4, 0.5) is 10.5 Å². The van der Waals surface area contributed by atoms with Gasteiger partial charge in [-0.1, -0.05) is 29.8 Å². The van der Waals surface area contributed by atoms with Crippen molar-refractivity contribution in [3.8, 4) is 5.75 Å². The number of hydrogen-bond donors (Lipinski definition) is 2. The van der Waals surface area contributed by atoms with Gasteiger partial charge in [-0.15, -0.1) is 0 Å². The van der Waals surface area contributed by atoms with Crippen molar-refractivity contribution in [1.82, 2.24) is 10.2 Å². The molecule has 0 atom stereocenters. The number of urea groups is 1. The van der Waals surface area contributed by atoms with E-state index in [2.05, 4.69) is 10.2 Å². The molecule has 0 aliphatic carbocycles. The second-order valence-corrected chi connectivity index (χ2v) is 6.89. The summed E-state index contributed by atoms with van der Waals surface area (Å²) in [6, 6.07) is 15.0. The fraction of sp³-hybridized carbons (Fsp3) is 0.350. The largest absolute Gasteiger partial charge is 0.508 e. The highest BCUT2D eigenvalue weighted by Gasteiger charge is 2.21. The van der Waals surface area contributed by atoms with Crippen LogP contribution in [-0.4, -0.2) is 48.8 Å². The van der Waals surface area contributed by atoms with E-state index < -0.39 is 0 Å². The van der Waals surface area contributed by atoms with Gasteiger partial charge in [0, 0.05) is 43.4 Å². The van der Waals surface area contributed by atoms with Gasteiger partial charge >= 0.3 is 6.03 Å². The number of hydrogen-bond acceptors (Lipinski definition) is 3. The fourth-order valence-electron chi connectivity index (χ4n) is 3.10. The molecule has 2 aromatic carbocycles. The third-order valence-electron chi connectivity index (χ3n) is 4.60. The van der Waals surface area contributed by atoms with E-state index in [1.165, 1.54) is 0 Å². The molecule has 0 saturated carbocycles. The van der Waals surface area contributed by atoms with Crippen LogP contribution in [0, 0.1) is 0 Å². The second kappa shape index (κ2) is 8.81.